The molecule has 0 bridgehead atoms. The molecule has 2 aromatic carbocycles. The van der Waals surface area contributed by atoms with Crippen molar-refractivity contribution in [1.29, 1.82) is 0 Å². The zero-order chi connectivity index (χ0) is 24.2. The summed E-state index contributed by atoms with van der Waals surface area (Å²) in [6, 6.07) is 15.9. The van der Waals surface area contributed by atoms with Gasteiger partial charge in [-0.05, 0) is 55.0 Å². The van der Waals surface area contributed by atoms with Crippen LogP contribution in [0.4, 0.5) is 0 Å². The molecular weight excluding hydrogens is 414 g/mol. The molecule has 3 aromatic rings. The summed E-state index contributed by atoms with van der Waals surface area (Å²) in [7, 11) is 1.63. The second kappa shape index (κ2) is 10.1. The number of benzene rings is 2. The number of hydrogen-bond acceptors (Lipinski definition) is 5. The molecule has 0 saturated heterocycles. The van der Waals surface area contributed by atoms with Gasteiger partial charge in [0.2, 0.25) is 0 Å². The molecule has 5 nitrogen and oxygen atoms in total. The maximum absolute atomic E-state index is 12.7. The second-order valence-electron chi connectivity index (χ2n) is 9.10. The van der Waals surface area contributed by atoms with Crippen LogP contribution in [0.5, 0.6) is 11.5 Å². The van der Waals surface area contributed by atoms with Gasteiger partial charge in [-0.2, -0.15) is 0 Å². The number of rotatable bonds is 7. The number of carbonyl (C=O) groups excluding carboxylic acids is 1. The molecule has 33 heavy (non-hydrogen) atoms. The predicted molar refractivity (Wildman–Crippen MR) is 131 cm³/mol. The minimum absolute atomic E-state index is 0.0625. The molecule has 0 radical (unpaired) electrons. The van der Waals surface area contributed by atoms with Crippen molar-refractivity contribution in [2.24, 2.45) is 0 Å². The monoisotopic (exact) mass is 447 g/mol. The van der Waals surface area contributed by atoms with E-state index in [-0.39, 0.29) is 12.0 Å². The number of aromatic nitrogens is 1. The van der Waals surface area contributed by atoms with Gasteiger partial charge in [0.25, 0.3) is 0 Å². The Kier molecular flexibility index (Phi) is 7.42. The van der Waals surface area contributed by atoms with Crippen LogP contribution in [0.15, 0.2) is 48.5 Å². The Bertz CT molecular complexity index is 1130. The van der Waals surface area contributed by atoms with Crippen LogP contribution >= 0.6 is 0 Å². The minimum atomic E-state index is -0.432. The van der Waals surface area contributed by atoms with Crippen molar-refractivity contribution in [3.63, 3.8) is 0 Å². The molecule has 3 rings (SSSR count). The lowest BCUT2D eigenvalue weighted by Crippen LogP contribution is -2.12. The van der Waals surface area contributed by atoms with Crippen molar-refractivity contribution in [3.8, 4) is 22.8 Å². The molecule has 0 fully saturated rings. The minimum Gasteiger partial charge on any atom is -0.497 e. The Labute approximate surface area is 196 Å². The van der Waals surface area contributed by atoms with E-state index in [0.717, 1.165) is 28.1 Å². The normalized spacial score (nSPS) is 11.2. The molecule has 0 unspecified atom stereocenters. The third-order valence-corrected chi connectivity index (χ3v) is 5.57. The maximum atomic E-state index is 12.7. The molecule has 174 valence electrons. The first-order chi connectivity index (χ1) is 15.6. The summed E-state index contributed by atoms with van der Waals surface area (Å²) in [4.78, 5) is 17.4. The number of carbonyl (C=O) groups is 1. The topological polar surface area (TPSA) is 57.7 Å². The summed E-state index contributed by atoms with van der Waals surface area (Å²) in [5, 5.41) is 0. The van der Waals surface area contributed by atoms with E-state index in [0.29, 0.717) is 23.6 Å². The first-order valence-corrected chi connectivity index (χ1v) is 11.2. The summed E-state index contributed by atoms with van der Waals surface area (Å²) >= 11 is 0. The highest BCUT2D eigenvalue weighted by molar-refractivity contribution is 5.94. The van der Waals surface area contributed by atoms with Gasteiger partial charge in [0.1, 0.15) is 23.7 Å². The second-order valence-corrected chi connectivity index (χ2v) is 9.10. The average Bonchev–Trinajstić information content (AvgIpc) is 2.77. The molecule has 0 amide bonds. The van der Waals surface area contributed by atoms with Crippen molar-refractivity contribution in [2.45, 2.75) is 53.6 Å². The lowest BCUT2D eigenvalue weighted by Gasteiger charge is -2.21. The fourth-order valence-corrected chi connectivity index (χ4v) is 3.65. The van der Waals surface area contributed by atoms with Gasteiger partial charge in [-0.25, -0.2) is 4.79 Å². The van der Waals surface area contributed by atoms with Gasteiger partial charge in [-0.3, -0.25) is 4.98 Å². The lowest BCUT2D eigenvalue weighted by molar-refractivity contribution is 0.0519. The van der Waals surface area contributed by atoms with Crippen LogP contribution < -0.4 is 9.47 Å². The number of pyridine rings is 1. The molecule has 5 heteroatoms. The molecule has 0 aliphatic rings. The van der Waals surface area contributed by atoms with Crippen LogP contribution in [-0.2, 0) is 16.8 Å². The Morgan fingerprint density at radius 2 is 1.70 bits per heavy atom. The van der Waals surface area contributed by atoms with Gasteiger partial charge in [0, 0.05) is 11.6 Å². The van der Waals surface area contributed by atoms with E-state index < -0.39 is 5.97 Å². The summed E-state index contributed by atoms with van der Waals surface area (Å²) < 4.78 is 16.6. The third kappa shape index (κ3) is 5.72. The summed E-state index contributed by atoms with van der Waals surface area (Å²) in [6.07, 6.45) is 0. The van der Waals surface area contributed by atoms with Crippen molar-refractivity contribution >= 4 is 5.97 Å². The van der Waals surface area contributed by atoms with E-state index in [9.17, 15) is 4.79 Å². The van der Waals surface area contributed by atoms with Crippen molar-refractivity contribution in [1.82, 2.24) is 4.98 Å². The summed E-state index contributed by atoms with van der Waals surface area (Å²) in [5.74, 6) is 0.812. The molecule has 0 N–H and O–H groups in total. The average molecular weight is 448 g/mol. The van der Waals surface area contributed by atoms with Crippen molar-refractivity contribution < 1.29 is 19.0 Å². The number of methoxy groups -OCH3 is 1. The smallest absolute Gasteiger partial charge is 0.343 e. The largest absolute Gasteiger partial charge is 0.497 e. The van der Waals surface area contributed by atoms with Crippen LogP contribution in [0.1, 0.15) is 60.4 Å². The molecule has 1 aromatic heterocycles. The van der Waals surface area contributed by atoms with Crippen LogP contribution in [-0.4, -0.2) is 24.7 Å². The molecular formula is C28H33NO4. The number of aryl methyl sites for hydroxylation is 2. The number of nitrogens with zero attached hydrogens (tertiary/aromatic N) is 1. The molecule has 0 aliphatic carbocycles. The van der Waals surface area contributed by atoms with E-state index in [2.05, 4.69) is 45.9 Å². The molecule has 1 heterocycles. The van der Waals surface area contributed by atoms with Gasteiger partial charge in [-0.15, -0.1) is 0 Å². The summed E-state index contributed by atoms with van der Waals surface area (Å²) in [5.41, 5.74) is 6.13. The highest BCUT2D eigenvalue weighted by atomic mass is 16.5. The Morgan fingerprint density at radius 3 is 2.27 bits per heavy atom. The molecule has 0 spiro atoms. The Hall–Kier alpha value is -3.34. The molecule has 0 aliphatic heterocycles. The highest BCUT2D eigenvalue weighted by Crippen LogP contribution is 2.33. The van der Waals surface area contributed by atoms with E-state index in [1.165, 1.54) is 5.56 Å². The molecule has 0 atom stereocenters. The van der Waals surface area contributed by atoms with Crippen molar-refractivity contribution in [3.05, 3.63) is 76.5 Å². The fraction of sp³-hybridized carbons (Fsp3) is 0.357. The number of ether oxygens (including phenoxy) is 3. The first-order valence-electron chi connectivity index (χ1n) is 11.2. The summed E-state index contributed by atoms with van der Waals surface area (Å²) in [6.45, 7) is 12.9. The van der Waals surface area contributed by atoms with E-state index in [1.807, 2.05) is 37.3 Å². The zero-order valence-electron chi connectivity index (χ0n) is 20.6. The zero-order valence-corrected chi connectivity index (χ0v) is 20.6. The van der Waals surface area contributed by atoms with E-state index >= 15 is 0 Å². The quantitative estimate of drug-likeness (QED) is 0.391. The van der Waals surface area contributed by atoms with E-state index in [4.69, 9.17) is 19.2 Å². The SMILES string of the molecule is CCOC(=O)c1c(OCc2ccc(OC)cc2)cc(-c2ccc(C(C)(C)C)cc2C)nc1C. The van der Waals surface area contributed by atoms with Gasteiger partial charge < -0.3 is 14.2 Å². The van der Waals surface area contributed by atoms with Crippen molar-refractivity contribution in [2.75, 3.05) is 13.7 Å². The van der Waals surface area contributed by atoms with E-state index in [1.54, 1.807) is 14.0 Å². The lowest BCUT2D eigenvalue weighted by atomic mass is 9.85. The fourth-order valence-electron chi connectivity index (χ4n) is 3.65. The van der Waals surface area contributed by atoms with Crippen LogP contribution in [0.25, 0.3) is 11.3 Å². The highest BCUT2D eigenvalue weighted by Gasteiger charge is 2.22. The Morgan fingerprint density at radius 1 is 1.00 bits per heavy atom. The van der Waals surface area contributed by atoms with Gasteiger partial charge in [0.15, 0.2) is 0 Å². The van der Waals surface area contributed by atoms with Gasteiger partial charge in [-0.1, -0.05) is 51.1 Å². The predicted octanol–water partition coefficient (Wildman–Crippen LogP) is 6.43. The Balaban J connectivity index is 2.01. The standard InChI is InChI=1S/C28H33NO4/c1-8-32-27(30)26-19(3)29-24(23-14-11-21(15-18(23)2)28(4,5)6)16-25(26)33-17-20-9-12-22(31-7)13-10-20/h9-16H,8,17H2,1-7H3. The van der Waals surface area contributed by atoms with Crippen LogP contribution in [0.3, 0.4) is 0 Å². The maximum Gasteiger partial charge on any atom is 0.343 e. The molecule has 0 saturated carbocycles. The van der Waals surface area contributed by atoms with Crippen LogP contribution in [0.2, 0.25) is 0 Å². The van der Waals surface area contributed by atoms with Gasteiger partial charge >= 0.3 is 5.97 Å². The first kappa shape index (κ1) is 24.3. The number of hydrogen-bond donors (Lipinski definition) is 0. The van der Waals surface area contributed by atoms with Crippen LogP contribution in [0, 0.1) is 13.8 Å². The number of esters is 1. The third-order valence-electron chi connectivity index (χ3n) is 5.57. The van der Waals surface area contributed by atoms with Gasteiger partial charge in [0.05, 0.1) is 25.1 Å².